The zero-order valence-electron chi connectivity index (χ0n) is 14.3. The first-order valence-electron chi connectivity index (χ1n) is 8.00. The maximum absolute atomic E-state index is 9.98. The monoisotopic (exact) mass is 361 g/mol. The first kappa shape index (κ1) is 21.0. The lowest BCUT2D eigenvalue weighted by Crippen LogP contribution is -2.40. The van der Waals surface area contributed by atoms with E-state index in [1.165, 1.54) is 0 Å². The molecule has 1 saturated heterocycles. The van der Waals surface area contributed by atoms with Gasteiger partial charge in [0.05, 0.1) is 33.5 Å². The van der Waals surface area contributed by atoms with Crippen LogP contribution in [0.25, 0.3) is 0 Å². The van der Waals surface area contributed by atoms with Crippen LogP contribution in [0.15, 0.2) is 18.2 Å². The molecule has 0 bridgehead atoms. The van der Waals surface area contributed by atoms with Crippen molar-refractivity contribution in [3.05, 3.63) is 23.8 Å². The second kappa shape index (κ2) is 11.5. The van der Waals surface area contributed by atoms with E-state index in [1.54, 1.807) is 14.2 Å². The van der Waals surface area contributed by atoms with E-state index in [1.807, 2.05) is 18.2 Å². The third-order valence-corrected chi connectivity index (χ3v) is 3.89. The molecule has 1 atom stereocenters. The Kier molecular flexibility index (Phi) is 10.1. The molecule has 24 heavy (non-hydrogen) atoms. The Labute approximate surface area is 149 Å². The van der Waals surface area contributed by atoms with Crippen LogP contribution in [-0.4, -0.2) is 57.8 Å². The van der Waals surface area contributed by atoms with Gasteiger partial charge in [0.15, 0.2) is 11.5 Å². The molecule has 7 heteroatoms. The summed E-state index contributed by atoms with van der Waals surface area (Å²) in [6.07, 6.45) is 1.48. The van der Waals surface area contributed by atoms with Crippen LogP contribution in [0, 0.1) is 0 Å². The van der Waals surface area contributed by atoms with E-state index in [9.17, 15) is 5.11 Å². The maximum atomic E-state index is 9.98. The van der Waals surface area contributed by atoms with Crippen LogP contribution in [-0.2, 0) is 16.1 Å². The van der Waals surface area contributed by atoms with Gasteiger partial charge in [0.1, 0.15) is 0 Å². The molecule has 0 saturated carbocycles. The average Bonchev–Trinajstić information content (AvgIpc) is 2.60. The lowest BCUT2D eigenvalue weighted by molar-refractivity contribution is 0.0228. The second-order valence-corrected chi connectivity index (χ2v) is 5.65. The summed E-state index contributed by atoms with van der Waals surface area (Å²) in [5, 5.41) is 13.3. The van der Waals surface area contributed by atoms with Gasteiger partial charge in [-0.25, -0.2) is 0 Å². The zero-order valence-corrected chi connectivity index (χ0v) is 15.1. The van der Waals surface area contributed by atoms with Crippen molar-refractivity contribution in [1.82, 2.24) is 5.32 Å². The molecule has 0 radical (unpaired) electrons. The van der Waals surface area contributed by atoms with E-state index >= 15 is 0 Å². The number of hydrogen-bond acceptors (Lipinski definition) is 6. The number of methoxy groups -OCH3 is 2. The average molecular weight is 362 g/mol. The van der Waals surface area contributed by atoms with Gasteiger partial charge in [-0.2, -0.15) is 0 Å². The summed E-state index contributed by atoms with van der Waals surface area (Å²) in [4.78, 5) is 0. The van der Waals surface area contributed by atoms with Gasteiger partial charge in [0.25, 0.3) is 0 Å². The van der Waals surface area contributed by atoms with Gasteiger partial charge >= 0.3 is 0 Å². The molecule has 1 aromatic rings. The van der Waals surface area contributed by atoms with E-state index in [0.29, 0.717) is 37.3 Å². The number of rotatable bonds is 9. The van der Waals surface area contributed by atoms with Crippen LogP contribution in [0.3, 0.4) is 0 Å². The van der Waals surface area contributed by atoms with E-state index in [0.717, 1.165) is 31.6 Å². The molecule has 6 nitrogen and oxygen atoms in total. The highest BCUT2D eigenvalue weighted by molar-refractivity contribution is 5.85. The minimum absolute atomic E-state index is 0. The largest absolute Gasteiger partial charge is 0.493 e. The Morgan fingerprint density at radius 1 is 1.21 bits per heavy atom. The van der Waals surface area contributed by atoms with Gasteiger partial charge in [-0.1, -0.05) is 6.07 Å². The molecule has 1 aliphatic heterocycles. The highest BCUT2D eigenvalue weighted by atomic mass is 35.5. The van der Waals surface area contributed by atoms with Crippen LogP contribution in [0.4, 0.5) is 0 Å². The fraction of sp³-hybridized carbons (Fsp3) is 0.647. The predicted molar refractivity (Wildman–Crippen MR) is 94.3 cm³/mol. The van der Waals surface area contributed by atoms with Crippen LogP contribution in [0.2, 0.25) is 0 Å². The van der Waals surface area contributed by atoms with E-state index in [-0.39, 0.29) is 12.4 Å². The van der Waals surface area contributed by atoms with Crippen molar-refractivity contribution in [2.45, 2.75) is 31.6 Å². The zero-order chi connectivity index (χ0) is 16.5. The number of halogens is 1. The van der Waals surface area contributed by atoms with E-state index in [4.69, 9.17) is 18.9 Å². The minimum atomic E-state index is -0.516. The summed E-state index contributed by atoms with van der Waals surface area (Å²) >= 11 is 0. The summed E-state index contributed by atoms with van der Waals surface area (Å²) < 4.78 is 21.4. The predicted octanol–water partition coefficient (Wildman–Crippen LogP) is 1.77. The molecule has 0 spiro atoms. The van der Waals surface area contributed by atoms with E-state index < -0.39 is 6.10 Å². The summed E-state index contributed by atoms with van der Waals surface area (Å²) in [6, 6.07) is 6.09. The van der Waals surface area contributed by atoms with Crippen LogP contribution in [0.5, 0.6) is 11.5 Å². The van der Waals surface area contributed by atoms with E-state index in [2.05, 4.69) is 5.32 Å². The molecular weight excluding hydrogens is 334 g/mol. The summed E-state index contributed by atoms with van der Waals surface area (Å²) in [7, 11) is 3.21. The van der Waals surface area contributed by atoms with Crippen molar-refractivity contribution in [2.75, 3.05) is 40.6 Å². The molecule has 1 aromatic carbocycles. The molecule has 2 N–H and O–H groups in total. The number of ether oxygens (including phenoxy) is 4. The second-order valence-electron chi connectivity index (χ2n) is 5.65. The van der Waals surface area contributed by atoms with Crippen molar-refractivity contribution in [3.8, 4) is 11.5 Å². The third kappa shape index (κ3) is 6.83. The molecule has 2 rings (SSSR count). The van der Waals surface area contributed by atoms with Crippen molar-refractivity contribution in [3.63, 3.8) is 0 Å². The fourth-order valence-electron chi connectivity index (χ4n) is 2.55. The normalized spacial score (nSPS) is 16.3. The van der Waals surface area contributed by atoms with Gasteiger partial charge in [0, 0.05) is 25.8 Å². The topological polar surface area (TPSA) is 69.2 Å². The summed E-state index contributed by atoms with van der Waals surface area (Å²) in [6.45, 7) is 2.85. The Morgan fingerprint density at radius 3 is 2.58 bits per heavy atom. The number of hydrogen-bond donors (Lipinski definition) is 2. The lowest BCUT2D eigenvalue weighted by Gasteiger charge is -2.24. The van der Waals surface area contributed by atoms with Crippen LogP contribution >= 0.6 is 12.4 Å². The number of aliphatic hydroxyl groups is 1. The van der Waals surface area contributed by atoms with Crippen LogP contribution in [0.1, 0.15) is 18.4 Å². The van der Waals surface area contributed by atoms with Crippen molar-refractivity contribution >= 4 is 12.4 Å². The highest BCUT2D eigenvalue weighted by Crippen LogP contribution is 2.27. The molecular formula is C17H28ClNO5. The first-order valence-corrected chi connectivity index (χ1v) is 8.00. The molecule has 1 unspecified atom stereocenters. The van der Waals surface area contributed by atoms with Crippen molar-refractivity contribution in [2.24, 2.45) is 0 Å². The number of nitrogens with one attached hydrogen (secondary N) is 1. The lowest BCUT2D eigenvalue weighted by atomic mass is 10.1. The Morgan fingerprint density at radius 2 is 1.92 bits per heavy atom. The van der Waals surface area contributed by atoms with Gasteiger partial charge < -0.3 is 29.4 Å². The number of aliphatic hydroxyl groups excluding tert-OH is 1. The molecule has 0 amide bonds. The molecule has 1 fully saturated rings. The fourth-order valence-corrected chi connectivity index (χ4v) is 2.55. The quantitative estimate of drug-likeness (QED) is 0.698. The van der Waals surface area contributed by atoms with Crippen molar-refractivity contribution < 1.29 is 24.1 Å². The molecule has 1 aliphatic rings. The molecule has 0 aromatic heterocycles. The maximum Gasteiger partial charge on any atom is 0.161 e. The number of benzene rings is 1. The standard InChI is InChI=1S/C17H27NO5.ClH/c1-20-16-4-3-13(9-17(16)21-2)11-23-12-15(19)10-18-14-5-7-22-8-6-14;/h3-4,9,14-15,18-19H,5-8,10-12H2,1-2H3;1H. The summed E-state index contributed by atoms with van der Waals surface area (Å²) in [5.41, 5.74) is 0.979. The van der Waals surface area contributed by atoms with Gasteiger partial charge in [0.2, 0.25) is 0 Å². The molecule has 1 heterocycles. The van der Waals surface area contributed by atoms with Gasteiger partial charge in [-0.15, -0.1) is 12.4 Å². The minimum Gasteiger partial charge on any atom is -0.493 e. The van der Waals surface area contributed by atoms with Crippen molar-refractivity contribution in [1.29, 1.82) is 0 Å². The van der Waals surface area contributed by atoms with Gasteiger partial charge in [-0.05, 0) is 30.5 Å². The Bertz CT molecular complexity index is 468. The Balaban J connectivity index is 0.00000288. The SMILES string of the molecule is COc1ccc(COCC(O)CNC2CCOCC2)cc1OC.Cl. The molecule has 0 aliphatic carbocycles. The molecule has 138 valence electrons. The summed E-state index contributed by atoms with van der Waals surface area (Å²) in [5.74, 6) is 1.37. The smallest absolute Gasteiger partial charge is 0.161 e. The van der Waals surface area contributed by atoms with Gasteiger partial charge in [-0.3, -0.25) is 0 Å². The third-order valence-electron chi connectivity index (χ3n) is 3.89. The van der Waals surface area contributed by atoms with Crippen LogP contribution < -0.4 is 14.8 Å². The Hall–Kier alpha value is -1.05. The highest BCUT2D eigenvalue weighted by Gasteiger charge is 2.14. The first-order chi connectivity index (χ1) is 11.2.